The van der Waals surface area contributed by atoms with Crippen LogP contribution in [0.1, 0.15) is 23.2 Å². The van der Waals surface area contributed by atoms with Crippen LogP contribution in [-0.2, 0) is 0 Å². The maximum Gasteiger partial charge on any atom is 0.163 e. The third-order valence-corrected chi connectivity index (χ3v) is 3.26. The first-order chi connectivity index (χ1) is 9.61. The van der Waals surface area contributed by atoms with Crippen LogP contribution in [0.15, 0.2) is 30.5 Å². The molecule has 20 heavy (non-hydrogen) atoms. The smallest absolute Gasteiger partial charge is 0.163 e. The Balaban J connectivity index is 2.26. The average Bonchev–Trinajstić information content (AvgIpc) is 2.45. The zero-order chi connectivity index (χ0) is 14.5. The van der Waals surface area contributed by atoms with Crippen LogP contribution < -0.4 is 4.74 Å². The number of nitrogens with zero attached hydrogens (tertiary/aromatic N) is 2. The van der Waals surface area contributed by atoms with Crippen LogP contribution in [0, 0.1) is 0 Å². The molecular weight excluding hydrogens is 252 g/mol. The van der Waals surface area contributed by atoms with Crippen molar-refractivity contribution < 1.29 is 9.53 Å². The molecule has 1 heterocycles. The Bertz CT molecular complexity index is 608. The number of aromatic nitrogens is 1. The molecule has 1 aromatic heterocycles. The number of rotatable bonds is 6. The molecule has 0 amide bonds. The molecule has 0 spiro atoms. The van der Waals surface area contributed by atoms with Gasteiger partial charge in [0.05, 0.1) is 12.6 Å². The van der Waals surface area contributed by atoms with Crippen molar-refractivity contribution >= 4 is 16.7 Å². The van der Waals surface area contributed by atoms with Crippen LogP contribution in [0.2, 0.25) is 0 Å². The predicted octanol–water partition coefficient (Wildman–Crippen LogP) is 2.77. The summed E-state index contributed by atoms with van der Waals surface area (Å²) in [6.07, 6.45) is 3.10. The van der Waals surface area contributed by atoms with E-state index in [-0.39, 0.29) is 5.78 Å². The van der Waals surface area contributed by atoms with Gasteiger partial charge >= 0.3 is 0 Å². The van der Waals surface area contributed by atoms with E-state index in [0.717, 1.165) is 35.2 Å². The van der Waals surface area contributed by atoms with Crippen LogP contribution in [-0.4, -0.2) is 43.4 Å². The molecular formula is C16H20N2O2. The molecule has 0 atom stereocenters. The second-order valence-corrected chi connectivity index (χ2v) is 5.07. The van der Waals surface area contributed by atoms with Gasteiger partial charge in [-0.25, -0.2) is 0 Å². The Kier molecular flexibility index (Phi) is 4.69. The number of pyridine rings is 1. The number of ketones is 1. The second kappa shape index (κ2) is 6.48. The minimum atomic E-state index is 0.160. The SMILES string of the molecule is COc1ccc2nccc(C(=O)CCCN(C)C)c2c1. The largest absolute Gasteiger partial charge is 0.497 e. The van der Waals surface area contributed by atoms with Crippen LogP contribution in [0.5, 0.6) is 5.75 Å². The minimum Gasteiger partial charge on any atom is -0.497 e. The molecule has 2 aromatic rings. The number of carbonyl (C=O) groups is 1. The molecule has 0 fully saturated rings. The lowest BCUT2D eigenvalue weighted by molar-refractivity contribution is 0.0979. The first kappa shape index (κ1) is 14.5. The van der Waals surface area contributed by atoms with E-state index in [9.17, 15) is 4.79 Å². The molecule has 106 valence electrons. The van der Waals surface area contributed by atoms with Crippen LogP contribution in [0.4, 0.5) is 0 Å². The third-order valence-electron chi connectivity index (χ3n) is 3.26. The summed E-state index contributed by atoms with van der Waals surface area (Å²) in [4.78, 5) is 18.7. The molecule has 0 saturated carbocycles. The van der Waals surface area contributed by atoms with Gasteiger partial charge in [0, 0.05) is 23.6 Å². The zero-order valence-corrected chi connectivity index (χ0v) is 12.2. The van der Waals surface area contributed by atoms with E-state index in [1.807, 2.05) is 32.3 Å². The van der Waals surface area contributed by atoms with E-state index in [1.54, 1.807) is 19.4 Å². The van der Waals surface area contributed by atoms with Gasteiger partial charge in [-0.2, -0.15) is 0 Å². The summed E-state index contributed by atoms with van der Waals surface area (Å²) in [5.41, 5.74) is 1.55. The van der Waals surface area contributed by atoms with Gasteiger partial charge in [0.15, 0.2) is 5.78 Å². The highest BCUT2D eigenvalue weighted by Crippen LogP contribution is 2.23. The molecule has 0 aliphatic heterocycles. The molecule has 0 aliphatic rings. The fourth-order valence-corrected chi connectivity index (χ4v) is 2.19. The van der Waals surface area contributed by atoms with Crippen molar-refractivity contribution in [3.8, 4) is 5.75 Å². The molecule has 4 nitrogen and oxygen atoms in total. The molecule has 0 radical (unpaired) electrons. The van der Waals surface area contributed by atoms with Crippen LogP contribution >= 0.6 is 0 Å². The number of carbonyl (C=O) groups excluding carboxylic acids is 1. The molecule has 1 aromatic carbocycles. The lowest BCUT2D eigenvalue weighted by Crippen LogP contribution is -2.14. The van der Waals surface area contributed by atoms with Gasteiger partial charge in [-0.3, -0.25) is 9.78 Å². The standard InChI is InChI=1S/C16H20N2O2/c1-18(2)10-4-5-16(19)13-8-9-17-15-7-6-12(20-3)11-14(13)15/h6-9,11H,4-5,10H2,1-3H3. The molecule has 0 aliphatic carbocycles. The van der Waals surface area contributed by atoms with Crippen LogP contribution in [0.3, 0.4) is 0 Å². The van der Waals surface area contributed by atoms with Crippen molar-refractivity contribution in [3.63, 3.8) is 0 Å². The van der Waals surface area contributed by atoms with E-state index < -0.39 is 0 Å². The monoisotopic (exact) mass is 272 g/mol. The van der Waals surface area contributed by atoms with Crippen molar-refractivity contribution in [1.29, 1.82) is 0 Å². The number of benzene rings is 1. The van der Waals surface area contributed by atoms with Gasteiger partial charge < -0.3 is 9.64 Å². The highest BCUT2D eigenvalue weighted by atomic mass is 16.5. The average molecular weight is 272 g/mol. The van der Waals surface area contributed by atoms with Gasteiger partial charge in [-0.05, 0) is 51.3 Å². The highest BCUT2D eigenvalue weighted by Gasteiger charge is 2.11. The number of hydrogen-bond acceptors (Lipinski definition) is 4. The Morgan fingerprint density at radius 1 is 1.30 bits per heavy atom. The molecule has 0 saturated heterocycles. The number of ether oxygens (including phenoxy) is 1. The molecule has 4 heteroatoms. The minimum absolute atomic E-state index is 0.160. The number of methoxy groups -OCH3 is 1. The predicted molar refractivity (Wildman–Crippen MR) is 80.4 cm³/mol. The van der Waals surface area contributed by atoms with Crippen molar-refractivity contribution in [3.05, 3.63) is 36.0 Å². The zero-order valence-electron chi connectivity index (χ0n) is 12.2. The van der Waals surface area contributed by atoms with E-state index in [2.05, 4.69) is 9.88 Å². The van der Waals surface area contributed by atoms with Crippen molar-refractivity contribution in [2.45, 2.75) is 12.8 Å². The van der Waals surface area contributed by atoms with Crippen molar-refractivity contribution in [2.24, 2.45) is 0 Å². The van der Waals surface area contributed by atoms with Gasteiger partial charge in [0.1, 0.15) is 5.75 Å². The summed E-state index contributed by atoms with van der Waals surface area (Å²) < 4.78 is 5.22. The van der Waals surface area contributed by atoms with Gasteiger partial charge in [0.2, 0.25) is 0 Å². The quantitative estimate of drug-likeness (QED) is 0.758. The Morgan fingerprint density at radius 2 is 2.10 bits per heavy atom. The molecule has 0 N–H and O–H groups in total. The Hall–Kier alpha value is -1.94. The van der Waals surface area contributed by atoms with Gasteiger partial charge in [-0.1, -0.05) is 0 Å². The van der Waals surface area contributed by atoms with Gasteiger partial charge in [0.25, 0.3) is 0 Å². The summed E-state index contributed by atoms with van der Waals surface area (Å²) in [5.74, 6) is 0.903. The lowest BCUT2D eigenvalue weighted by Gasteiger charge is -2.10. The summed E-state index contributed by atoms with van der Waals surface area (Å²) >= 11 is 0. The van der Waals surface area contributed by atoms with E-state index in [0.29, 0.717) is 6.42 Å². The second-order valence-electron chi connectivity index (χ2n) is 5.07. The molecule has 0 bridgehead atoms. The Morgan fingerprint density at radius 3 is 2.80 bits per heavy atom. The maximum atomic E-state index is 12.4. The third kappa shape index (κ3) is 3.33. The fraction of sp³-hybridized carbons (Fsp3) is 0.375. The van der Waals surface area contributed by atoms with Gasteiger partial charge in [-0.15, -0.1) is 0 Å². The topological polar surface area (TPSA) is 42.4 Å². The number of fused-ring (bicyclic) bond motifs is 1. The van der Waals surface area contributed by atoms with E-state index in [4.69, 9.17) is 4.74 Å². The summed E-state index contributed by atoms with van der Waals surface area (Å²) in [6, 6.07) is 7.40. The van der Waals surface area contributed by atoms with E-state index in [1.165, 1.54) is 0 Å². The summed E-state index contributed by atoms with van der Waals surface area (Å²) in [5, 5.41) is 0.863. The Labute approximate surface area is 119 Å². The normalized spacial score (nSPS) is 11.0. The number of Topliss-reactive ketones (excluding diaryl/α,β-unsaturated/α-hetero) is 1. The fourth-order valence-electron chi connectivity index (χ4n) is 2.19. The van der Waals surface area contributed by atoms with Crippen LogP contribution in [0.25, 0.3) is 10.9 Å². The first-order valence-corrected chi connectivity index (χ1v) is 6.72. The highest BCUT2D eigenvalue weighted by molar-refractivity contribution is 6.07. The molecule has 0 unspecified atom stereocenters. The van der Waals surface area contributed by atoms with E-state index >= 15 is 0 Å². The lowest BCUT2D eigenvalue weighted by atomic mass is 10.0. The maximum absolute atomic E-state index is 12.4. The summed E-state index contributed by atoms with van der Waals surface area (Å²) in [6.45, 7) is 0.915. The van der Waals surface area contributed by atoms with Crippen molar-refractivity contribution in [1.82, 2.24) is 9.88 Å². The summed E-state index contributed by atoms with van der Waals surface area (Å²) in [7, 11) is 5.64. The molecule has 2 rings (SSSR count). The number of hydrogen-bond donors (Lipinski definition) is 0. The first-order valence-electron chi connectivity index (χ1n) is 6.72. The van der Waals surface area contributed by atoms with Crippen molar-refractivity contribution in [2.75, 3.05) is 27.7 Å².